The van der Waals surface area contributed by atoms with Crippen molar-refractivity contribution in [3.63, 3.8) is 0 Å². The lowest BCUT2D eigenvalue weighted by Crippen LogP contribution is -2.27. The third-order valence-electron chi connectivity index (χ3n) is 5.54. The first-order valence-corrected chi connectivity index (χ1v) is 10.6. The van der Waals surface area contributed by atoms with E-state index in [4.69, 9.17) is 14.2 Å². The molecule has 2 N–H and O–H groups in total. The average Bonchev–Trinajstić information content (AvgIpc) is 3.34. The van der Waals surface area contributed by atoms with Gasteiger partial charge >= 0.3 is 0 Å². The number of carbonyl (C=O) groups excluding carboxylic acids is 1. The van der Waals surface area contributed by atoms with Crippen molar-refractivity contribution in [1.29, 1.82) is 0 Å². The fraction of sp³-hybridized carbons (Fsp3) is 0.217. The Morgan fingerprint density at radius 2 is 2.03 bits per heavy atom. The van der Waals surface area contributed by atoms with Crippen LogP contribution in [-0.2, 0) is 0 Å². The summed E-state index contributed by atoms with van der Waals surface area (Å²) in [6, 6.07) is 6.77. The van der Waals surface area contributed by atoms with Gasteiger partial charge in [-0.1, -0.05) is 6.07 Å². The van der Waals surface area contributed by atoms with Gasteiger partial charge in [-0.05, 0) is 24.6 Å². The number of halogens is 2. The lowest BCUT2D eigenvalue weighted by atomic mass is 10.1. The minimum Gasteiger partial charge on any atom is -0.486 e. The van der Waals surface area contributed by atoms with Crippen molar-refractivity contribution < 1.29 is 27.8 Å². The molecule has 3 aromatic heterocycles. The van der Waals surface area contributed by atoms with Gasteiger partial charge in [-0.3, -0.25) is 9.59 Å². The summed E-state index contributed by atoms with van der Waals surface area (Å²) in [7, 11) is 1.49. The first kappa shape index (κ1) is 22.3. The van der Waals surface area contributed by atoms with Gasteiger partial charge in [-0.25, -0.2) is 9.37 Å². The van der Waals surface area contributed by atoms with Crippen LogP contribution >= 0.6 is 0 Å². The van der Waals surface area contributed by atoms with Gasteiger partial charge in [0.2, 0.25) is 11.8 Å². The molecule has 10 nitrogen and oxygen atoms in total. The van der Waals surface area contributed by atoms with Crippen LogP contribution < -0.4 is 25.1 Å². The highest BCUT2D eigenvalue weighted by atomic mass is 19.1. The molecular weight excluding hydrogens is 464 g/mol. The molecule has 35 heavy (non-hydrogen) atoms. The van der Waals surface area contributed by atoms with Crippen LogP contribution in [0.1, 0.15) is 29.0 Å². The Bertz CT molecular complexity index is 1500. The molecule has 0 spiro atoms. The largest absolute Gasteiger partial charge is 0.486 e. The van der Waals surface area contributed by atoms with Gasteiger partial charge in [0.1, 0.15) is 24.4 Å². The van der Waals surface area contributed by atoms with Crippen LogP contribution in [0.25, 0.3) is 16.8 Å². The molecule has 0 fully saturated rings. The van der Waals surface area contributed by atoms with E-state index in [0.717, 1.165) is 6.07 Å². The molecule has 12 heteroatoms. The number of hydrogen-bond acceptors (Lipinski definition) is 7. The van der Waals surface area contributed by atoms with E-state index in [1.54, 1.807) is 25.3 Å². The van der Waals surface area contributed by atoms with Crippen molar-refractivity contribution in [2.24, 2.45) is 0 Å². The number of benzene rings is 1. The van der Waals surface area contributed by atoms with Crippen molar-refractivity contribution in [3.05, 3.63) is 69.9 Å². The smallest absolute Gasteiger partial charge is 0.274 e. The van der Waals surface area contributed by atoms with E-state index in [0.29, 0.717) is 16.0 Å². The Morgan fingerprint density at radius 1 is 1.23 bits per heavy atom. The van der Waals surface area contributed by atoms with Crippen LogP contribution in [0, 0.1) is 11.8 Å². The van der Waals surface area contributed by atoms with E-state index < -0.39 is 35.0 Å². The second-order valence-electron chi connectivity index (χ2n) is 7.73. The van der Waals surface area contributed by atoms with E-state index >= 15 is 8.78 Å². The molecular formula is C23H19F2N5O5. The average molecular weight is 483 g/mol. The number of amides is 1. The zero-order valence-electron chi connectivity index (χ0n) is 18.6. The number of rotatable bonds is 5. The third kappa shape index (κ3) is 3.92. The van der Waals surface area contributed by atoms with Gasteiger partial charge in [-0.2, -0.15) is 14.0 Å². The van der Waals surface area contributed by atoms with Crippen LogP contribution in [0.15, 0.2) is 41.3 Å². The summed E-state index contributed by atoms with van der Waals surface area (Å²) in [5.74, 6) is -2.14. The van der Waals surface area contributed by atoms with Crippen molar-refractivity contribution >= 4 is 11.4 Å². The molecule has 0 saturated carbocycles. The number of pyridine rings is 1. The monoisotopic (exact) mass is 483 g/mol. The molecule has 0 aliphatic carbocycles. The van der Waals surface area contributed by atoms with Crippen molar-refractivity contribution in [2.75, 3.05) is 20.3 Å². The Labute approximate surface area is 196 Å². The summed E-state index contributed by atoms with van der Waals surface area (Å²) in [5, 5.41) is 6.66. The molecule has 0 bridgehead atoms. The van der Waals surface area contributed by atoms with Gasteiger partial charge in [0.05, 0.1) is 13.2 Å². The predicted molar refractivity (Wildman–Crippen MR) is 119 cm³/mol. The molecule has 4 aromatic rings. The van der Waals surface area contributed by atoms with E-state index in [1.807, 2.05) is 0 Å². The third-order valence-corrected chi connectivity index (χ3v) is 5.54. The van der Waals surface area contributed by atoms with Crippen LogP contribution in [-0.4, -0.2) is 45.8 Å². The lowest BCUT2D eigenvalue weighted by molar-refractivity contribution is 0.0934. The molecule has 0 radical (unpaired) electrons. The minimum absolute atomic E-state index is 0.133. The van der Waals surface area contributed by atoms with Crippen LogP contribution in [0.5, 0.6) is 17.4 Å². The van der Waals surface area contributed by atoms with Crippen LogP contribution in [0.3, 0.4) is 0 Å². The van der Waals surface area contributed by atoms with Crippen LogP contribution in [0.4, 0.5) is 8.78 Å². The number of nitrogens with zero attached hydrogens (tertiary/aromatic N) is 3. The Morgan fingerprint density at radius 3 is 2.77 bits per heavy atom. The highest BCUT2D eigenvalue weighted by molar-refractivity contribution is 5.93. The second-order valence-corrected chi connectivity index (χ2v) is 7.73. The number of fused-ring (bicyclic) bond motifs is 2. The van der Waals surface area contributed by atoms with Crippen molar-refractivity contribution in [2.45, 2.75) is 13.0 Å². The zero-order chi connectivity index (χ0) is 24.7. The van der Waals surface area contributed by atoms with Gasteiger partial charge < -0.3 is 24.5 Å². The summed E-state index contributed by atoms with van der Waals surface area (Å²) >= 11 is 0. The number of methoxy groups -OCH3 is 1. The molecule has 4 heterocycles. The predicted octanol–water partition coefficient (Wildman–Crippen LogP) is 2.63. The molecule has 180 valence electrons. The maximum Gasteiger partial charge on any atom is 0.274 e. The normalized spacial score (nSPS) is 13.5. The highest BCUT2D eigenvalue weighted by Gasteiger charge is 2.25. The molecule has 5 rings (SSSR count). The molecule has 1 amide bonds. The maximum absolute atomic E-state index is 15.4. The fourth-order valence-electron chi connectivity index (χ4n) is 3.71. The van der Waals surface area contributed by atoms with Gasteiger partial charge in [0.25, 0.3) is 11.5 Å². The van der Waals surface area contributed by atoms with Gasteiger partial charge in [-0.15, -0.1) is 0 Å². The second kappa shape index (κ2) is 8.70. The number of aromatic nitrogens is 4. The molecule has 1 aliphatic heterocycles. The zero-order valence-corrected chi connectivity index (χ0v) is 18.6. The summed E-state index contributed by atoms with van der Waals surface area (Å²) in [4.78, 5) is 31.8. The first-order chi connectivity index (χ1) is 16.9. The van der Waals surface area contributed by atoms with E-state index in [1.165, 1.54) is 19.2 Å². The minimum atomic E-state index is -1.05. The van der Waals surface area contributed by atoms with Crippen LogP contribution in [0.2, 0.25) is 0 Å². The number of carbonyl (C=O) groups is 1. The SMILES string of the molecule is COc1ccc(C(C)NC(=O)c2cc3c(=O)[nH]c(-c4ccc5c(c4F)OCCO5)c(F)n3n2)cn1. The molecule has 1 unspecified atom stereocenters. The van der Waals surface area contributed by atoms with E-state index in [9.17, 15) is 9.59 Å². The number of H-pyrrole nitrogens is 1. The highest BCUT2D eigenvalue weighted by Crippen LogP contribution is 2.38. The number of nitrogens with one attached hydrogen (secondary N) is 2. The maximum atomic E-state index is 15.4. The summed E-state index contributed by atoms with van der Waals surface area (Å²) in [6.45, 7) is 2.12. The lowest BCUT2D eigenvalue weighted by Gasteiger charge is -2.20. The quantitative estimate of drug-likeness (QED) is 0.448. The first-order valence-electron chi connectivity index (χ1n) is 10.6. The van der Waals surface area contributed by atoms with E-state index in [2.05, 4.69) is 20.4 Å². The van der Waals surface area contributed by atoms with E-state index in [-0.39, 0.29) is 41.5 Å². The molecule has 1 atom stereocenters. The Kier molecular flexibility index (Phi) is 5.55. The Hall–Kier alpha value is -4.48. The van der Waals surface area contributed by atoms with Gasteiger partial charge in [0, 0.05) is 23.9 Å². The molecule has 0 saturated heterocycles. The molecule has 1 aliphatic rings. The standard InChI is InChI=1S/C23H19F2N5O5/c1-11(12-3-6-17(33-2)26-10-12)27-22(31)14-9-15-23(32)28-19(21(25)30(15)29-14)13-4-5-16-20(18(13)24)35-8-7-34-16/h3-6,9-11H,7-8H2,1-2H3,(H,27,31)(H,28,32). The topological polar surface area (TPSA) is 120 Å². The number of hydrogen-bond donors (Lipinski definition) is 2. The van der Waals surface area contributed by atoms with Gasteiger partial charge in [0.15, 0.2) is 23.0 Å². The summed E-state index contributed by atoms with van der Waals surface area (Å²) in [6.07, 6.45) is 1.55. The van der Waals surface area contributed by atoms with Crippen molar-refractivity contribution in [1.82, 2.24) is 24.9 Å². The number of ether oxygens (including phenoxy) is 3. The van der Waals surface area contributed by atoms with Crippen molar-refractivity contribution in [3.8, 4) is 28.6 Å². The number of aromatic amines is 1. The Balaban J connectivity index is 1.48. The fourth-order valence-corrected chi connectivity index (χ4v) is 3.71. The molecule has 1 aromatic carbocycles. The summed E-state index contributed by atoms with van der Waals surface area (Å²) < 4.78 is 46.7. The summed E-state index contributed by atoms with van der Waals surface area (Å²) in [5.41, 5.74) is -1.15.